The second kappa shape index (κ2) is 7.93. The van der Waals surface area contributed by atoms with Crippen molar-refractivity contribution >= 4 is 17.4 Å². The van der Waals surface area contributed by atoms with E-state index in [2.05, 4.69) is 10.2 Å². The van der Waals surface area contributed by atoms with E-state index in [0.29, 0.717) is 23.8 Å². The van der Waals surface area contributed by atoms with Gasteiger partial charge in [-0.2, -0.15) is 0 Å². The standard InChI is InChI=1S/C20H28N2O2/c1-15(23)18-9-5-6-10-19(18)21-20(24)14-22(17-11-12-17)13-16-7-3-2-4-8-16/h5-6,9-10,16-17H,2-4,7-8,11-14H2,1H3,(H,21,24). The normalized spacial score (nSPS) is 18.6. The number of nitrogens with zero attached hydrogens (tertiary/aromatic N) is 1. The number of hydrogen-bond acceptors (Lipinski definition) is 3. The molecule has 130 valence electrons. The van der Waals surface area contributed by atoms with Gasteiger partial charge in [-0.1, -0.05) is 31.4 Å². The summed E-state index contributed by atoms with van der Waals surface area (Å²) >= 11 is 0. The molecule has 0 radical (unpaired) electrons. The van der Waals surface area contributed by atoms with Crippen LogP contribution in [0.4, 0.5) is 5.69 Å². The van der Waals surface area contributed by atoms with Crippen LogP contribution in [0.5, 0.6) is 0 Å². The van der Waals surface area contributed by atoms with E-state index in [0.717, 1.165) is 12.5 Å². The molecule has 0 spiro atoms. The van der Waals surface area contributed by atoms with Crippen molar-refractivity contribution in [3.05, 3.63) is 29.8 Å². The Bertz CT molecular complexity index is 589. The van der Waals surface area contributed by atoms with Gasteiger partial charge in [0.05, 0.1) is 12.2 Å². The summed E-state index contributed by atoms with van der Waals surface area (Å²) in [5, 5.41) is 2.94. The molecule has 0 aliphatic heterocycles. The van der Waals surface area contributed by atoms with Gasteiger partial charge in [0.15, 0.2) is 5.78 Å². The maximum absolute atomic E-state index is 12.5. The molecular formula is C20H28N2O2. The van der Waals surface area contributed by atoms with Crippen molar-refractivity contribution < 1.29 is 9.59 Å². The number of ketones is 1. The summed E-state index contributed by atoms with van der Waals surface area (Å²) in [7, 11) is 0. The van der Waals surface area contributed by atoms with Crippen LogP contribution in [-0.2, 0) is 4.79 Å². The van der Waals surface area contributed by atoms with Crippen molar-refractivity contribution in [2.24, 2.45) is 5.92 Å². The van der Waals surface area contributed by atoms with Gasteiger partial charge in [-0.15, -0.1) is 0 Å². The third-order valence-corrected chi connectivity index (χ3v) is 5.21. The van der Waals surface area contributed by atoms with Crippen molar-refractivity contribution in [3.8, 4) is 0 Å². The zero-order valence-electron chi connectivity index (χ0n) is 14.6. The monoisotopic (exact) mass is 328 g/mol. The van der Waals surface area contributed by atoms with E-state index in [1.165, 1.54) is 51.9 Å². The highest BCUT2D eigenvalue weighted by Gasteiger charge is 2.32. The molecule has 1 amide bonds. The summed E-state index contributed by atoms with van der Waals surface area (Å²) in [6.07, 6.45) is 9.06. The zero-order valence-corrected chi connectivity index (χ0v) is 14.6. The Morgan fingerprint density at radius 2 is 1.79 bits per heavy atom. The number of anilines is 1. The average molecular weight is 328 g/mol. The molecule has 2 fully saturated rings. The molecule has 2 aliphatic carbocycles. The lowest BCUT2D eigenvalue weighted by atomic mass is 9.89. The number of para-hydroxylation sites is 1. The SMILES string of the molecule is CC(=O)c1ccccc1NC(=O)CN(CC1CCCCC1)C1CC1. The maximum atomic E-state index is 12.5. The summed E-state index contributed by atoms with van der Waals surface area (Å²) in [4.78, 5) is 26.6. The average Bonchev–Trinajstić information content (AvgIpc) is 3.40. The Labute approximate surface area is 144 Å². The highest BCUT2D eigenvalue weighted by atomic mass is 16.2. The molecule has 1 N–H and O–H groups in total. The molecule has 24 heavy (non-hydrogen) atoms. The topological polar surface area (TPSA) is 49.4 Å². The van der Waals surface area contributed by atoms with E-state index in [1.807, 2.05) is 12.1 Å². The largest absolute Gasteiger partial charge is 0.324 e. The van der Waals surface area contributed by atoms with Gasteiger partial charge in [0.2, 0.25) is 5.91 Å². The fraction of sp³-hybridized carbons (Fsp3) is 0.600. The minimum Gasteiger partial charge on any atom is -0.324 e. The van der Waals surface area contributed by atoms with E-state index in [4.69, 9.17) is 0 Å². The van der Waals surface area contributed by atoms with Crippen molar-refractivity contribution in [1.29, 1.82) is 0 Å². The third-order valence-electron chi connectivity index (χ3n) is 5.21. The first-order chi connectivity index (χ1) is 11.6. The first-order valence-electron chi connectivity index (χ1n) is 9.27. The van der Waals surface area contributed by atoms with Gasteiger partial charge < -0.3 is 5.32 Å². The molecule has 0 atom stereocenters. The summed E-state index contributed by atoms with van der Waals surface area (Å²) < 4.78 is 0. The number of nitrogens with one attached hydrogen (secondary N) is 1. The quantitative estimate of drug-likeness (QED) is 0.773. The maximum Gasteiger partial charge on any atom is 0.238 e. The Balaban J connectivity index is 1.58. The minimum absolute atomic E-state index is 0.00795. The van der Waals surface area contributed by atoms with Gasteiger partial charge >= 0.3 is 0 Å². The van der Waals surface area contributed by atoms with Gasteiger partial charge in [-0.25, -0.2) is 0 Å². The third kappa shape index (κ3) is 4.67. The van der Waals surface area contributed by atoms with Crippen LogP contribution in [0, 0.1) is 5.92 Å². The Morgan fingerprint density at radius 1 is 1.08 bits per heavy atom. The fourth-order valence-corrected chi connectivity index (χ4v) is 3.76. The molecule has 2 aliphatic rings. The van der Waals surface area contributed by atoms with E-state index in [1.54, 1.807) is 12.1 Å². The molecule has 1 aromatic rings. The van der Waals surface area contributed by atoms with Gasteiger partial charge in [-0.3, -0.25) is 14.5 Å². The predicted molar refractivity (Wildman–Crippen MR) is 96.2 cm³/mol. The molecule has 1 aromatic carbocycles. The molecule has 4 nitrogen and oxygen atoms in total. The van der Waals surface area contributed by atoms with Crippen LogP contribution in [-0.4, -0.2) is 35.7 Å². The number of rotatable bonds is 7. The second-order valence-electron chi connectivity index (χ2n) is 7.31. The summed E-state index contributed by atoms with van der Waals surface area (Å²) in [6.45, 7) is 3.02. The van der Waals surface area contributed by atoms with Crippen molar-refractivity contribution in [2.75, 3.05) is 18.4 Å². The molecule has 4 heteroatoms. The first-order valence-corrected chi connectivity index (χ1v) is 9.27. The van der Waals surface area contributed by atoms with E-state index in [-0.39, 0.29) is 11.7 Å². The van der Waals surface area contributed by atoms with Crippen LogP contribution >= 0.6 is 0 Å². The molecule has 0 heterocycles. The van der Waals surface area contributed by atoms with Crippen LogP contribution in [0.25, 0.3) is 0 Å². The lowest BCUT2D eigenvalue weighted by Crippen LogP contribution is -2.38. The first kappa shape index (κ1) is 17.2. The highest BCUT2D eigenvalue weighted by Crippen LogP contribution is 2.31. The van der Waals surface area contributed by atoms with Gasteiger partial charge in [-0.05, 0) is 50.7 Å². The van der Waals surface area contributed by atoms with Crippen LogP contribution < -0.4 is 5.32 Å². The van der Waals surface area contributed by atoms with Crippen molar-refractivity contribution in [3.63, 3.8) is 0 Å². The summed E-state index contributed by atoms with van der Waals surface area (Å²) in [5.41, 5.74) is 1.21. The van der Waals surface area contributed by atoms with Crippen LogP contribution in [0.1, 0.15) is 62.2 Å². The number of benzene rings is 1. The Kier molecular flexibility index (Phi) is 5.67. The number of hydrogen-bond donors (Lipinski definition) is 1. The molecule has 0 unspecified atom stereocenters. The molecular weight excluding hydrogens is 300 g/mol. The zero-order chi connectivity index (χ0) is 16.9. The lowest BCUT2D eigenvalue weighted by Gasteiger charge is -2.29. The van der Waals surface area contributed by atoms with Gasteiger partial charge in [0.1, 0.15) is 0 Å². The van der Waals surface area contributed by atoms with Gasteiger partial charge in [0, 0.05) is 18.2 Å². The van der Waals surface area contributed by atoms with Gasteiger partial charge in [0.25, 0.3) is 0 Å². The highest BCUT2D eigenvalue weighted by molar-refractivity contribution is 6.04. The molecule has 3 rings (SSSR count). The number of Topliss-reactive ketones (excluding diaryl/α,β-unsaturated/α-hetero) is 1. The summed E-state index contributed by atoms with van der Waals surface area (Å²) in [5.74, 6) is 0.718. The summed E-state index contributed by atoms with van der Waals surface area (Å²) in [6, 6.07) is 7.82. The smallest absolute Gasteiger partial charge is 0.238 e. The predicted octanol–water partition coefficient (Wildman–Crippen LogP) is 3.87. The Morgan fingerprint density at radius 3 is 2.46 bits per heavy atom. The molecule has 2 saturated carbocycles. The van der Waals surface area contributed by atoms with E-state index < -0.39 is 0 Å². The number of carbonyl (C=O) groups excluding carboxylic acids is 2. The van der Waals surface area contributed by atoms with Crippen LogP contribution in [0.15, 0.2) is 24.3 Å². The minimum atomic E-state index is -0.0212. The number of carbonyl (C=O) groups is 2. The molecule has 0 saturated heterocycles. The fourth-order valence-electron chi connectivity index (χ4n) is 3.76. The van der Waals surface area contributed by atoms with E-state index in [9.17, 15) is 9.59 Å². The molecule has 0 bridgehead atoms. The van der Waals surface area contributed by atoms with Crippen LogP contribution in [0.2, 0.25) is 0 Å². The van der Waals surface area contributed by atoms with Crippen molar-refractivity contribution in [2.45, 2.75) is 57.9 Å². The second-order valence-corrected chi connectivity index (χ2v) is 7.31. The van der Waals surface area contributed by atoms with E-state index >= 15 is 0 Å². The van der Waals surface area contributed by atoms with Crippen LogP contribution in [0.3, 0.4) is 0 Å². The lowest BCUT2D eigenvalue weighted by molar-refractivity contribution is -0.117. The molecule has 0 aromatic heterocycles. The van der Waals surface area contributed by atoms with Crippen molar-refractivity contribution in [1.82, 2.24) is 4.90 Å². The number of amides is 1. The Hall–Kier alpha value is -1.68.